The Labute approximate surface area is 398 Å². The molecule has 0 aromatic rings. The third-order valence-electron chi connectivity index (χ3n) is 10.6. The molecule has 25 N–H and O–H groups in total. The first-order valence-corrected chi connectivity index (χ1v) is 23.3. The van der Waals surface area contributed by atoms with Crippen LogP contribution in [0.15, 0.2) is 0 Å². The van der Waals surface area contributed by atoms with Gasteiger partial charge in [0.1, 0.15) is 24.2 Å². The van der Waals surface area contributed by atoms with Crippen molar-refractivity contribution in [2.45, 2.75) is 144 Å². The molecule has 0 fully saturated rings. The zero-order valence-corrected chi connectivity index (χ0v) is 39.6. The lowest BCUT2D eigenvalue weighted by molar-refractivity contribution is -0.140. The molecular formula is C41H84N14O13. The first kappa shape index (κ1) is 63.8. The Hall–Kier alpha value is -4.23. The number of hydrogen-bond acceptors (Lipinski definition) is 20. The van der Waals surface area contributed by atoms with Gasteiger partial charge in [-0.15, -0.1) is 0 Å². The van der Waals surface area contributed by atoms with E-state index in [-0.39, 0.29) is 32.5 Å². The molecule has 0 saturated carbocycles. The molecule has 0 rings (SSSR count). The van der Waals surface area contributed by atoms with Gasteiger partial charge in [-0.2, -0.15) is 0 Å². The van der Waals surface area contributed by atoms with Gasteiger partial charge in [0.15, 0.2) is 6.10 Å². The highest BCUT2D eigenvalue weighted by molar-refractivity contribution is 5.95. The molecule has 27 heteroatoms. The fraction of sp³-hybridized carbons (Fsp3) is 0.829. The molecule has 11 unspecified atom stereocenters. The Balaban J connectivity index is 5.26. The quantitative estimate of drug-likeness (QED) is 0.0254. The molecule has 0 saturated heterocycles. The van der Waals surface area contributed by atoms with Gasteiger partial charge in [-0.05, 0) is 91.6 Å². The molecule has 0 aromatic carbocycles. The van der Waals surface area contributed by atoms with Crippen molar-refractivity contribution in [1.29, 1.82) is 0 Å². The number of carbonyl (C=O) groups is 7. The highest BCUT2D eigenvalue weighted by Gasteiger charge is 2.33. The zero-order chi connectivity index (χ0) is 51.6. The van der Waals surface area contributed by atoms with Crippen molar-refractivity contribution in [1.82, 2.24) is 47.9 Å². The molecule has 0 aliphatic carbocycles. The van der Waals surface area contributed by atoms with Crippen molar-refractivity contribution in [2.24, 2.45) is 28.7 Å². The number of amides is 7. The second-order valence-electron chi connectivity index (χ2n) is 16.6. The maximum absolute atomic E-state index is 13.4. The van der Waals surface area contributed by atoms with Gasteiger partial charge in [-0.3, -0.25) is 33.6 Å². The number of carbonyl (C=O) groups excluding carboxylic acids is 7. The Morgan fingerprint density at radius 3 is 1.79 bits per heavy atom. The summed E-state index contributed by atoms with van der Waals surface area (Å²) in [5.41, 5.74) is 28.2. The normalized spacial score (nSPS) is 16.2. The standard InChI is InChI=1S/C41H84N14O13/c1-24(51-41(68)36(63)33(60)19-31(58)26(46)9-3-4-11-42)37(64)54-28(20-45)40(67)53-27(10-7-12-43)39(66)55-30(23-56)32(59)17-25(57)18-34(61)52-29(21-47-2)38(65)50-22-35(62)49-16-6-5-14-48-15-8-13-44/h24-33,36,47-48,56-60,63H,3-23,42-46H2,1-2H3,(H,49,62)(H,50,65)(H,51,68)(H,52,61)(H,53,67)(H,54,64)(H,55,66). The van der Waals surface area contributed by atoms with Gasteiger partial charge >= 0.3 is 0 Å². The van der Waals surface area contributed by atoms with Crippen molar-refractivity contribution in [3.8, 4) is 0 Å². The van der Waals surface area contributed by atoms with Gasteiger partial charge in [0.2, 0.25) is 35.4 Å². The smallest absolute Gasteiger partial charge is 0.252 e. The van der Waals surface area contributed by atoms with Crippen LogP contribution in [0.3, 0.4) is 0 Å². The SMILES string of the molecule is CNCC(NC(=O)CC(O)CC(O)C(CO)NC(=O)C(CCCN)NC(=O)C(CN)NC(=O)C(C)NC(=O)C(O)C(O)CC(O)C(N)CCCCN)C(=O)NCC(=O)NCCCCNCCCN. The molecule has 7 amide bonds. The van der Waals surface area contributed by atoms with Gasteiger partial charge in [0.05, 0.1) is 50.0 Å². The average molecular weight is 981 g/mol. The molecule has 0 bridgehead atoms. The van der Waals surface area contributed by atoms with Gasteiger partial charge < -0.3 is 107 Å². The van der Waals surface area contributed by atoms with E-state index in [1.807, 2.05) is 0 Å². The molecule has 11 atom stereocenters. The summed E-state index contributed by atoms with van der Waals surface area (Å²) < 4.78 is 0. The molecule has 0 radical (unpaired) electrons. The minimum absolute atomic E-state index is 0.0250. The molecule has 0 spiro atoms. The predicted octanol–water partition coefficient (Wildman–Crippen LogP) is -9.28. The maximum atomic E-state index is 13.4. The average Bonchev–Trinajstić information content (AvgIpc) is 3.30. The summed E-state index contributed by atoms with van der Waals surface area (Å²) >= 11 is 0. The number of hydrogen-bond donors (Lipinski definition) is 20. The number of unbranched alkanes of at least 4 members (excludes halogenated alkanes) is 2. The molecule has 0 aliphatic rings. The van der Waals surface area contributed by atoms with E-state index in [1.165, 1.54) is 14.0 Å². The van der Waals surface area contributed by atoms with E-state index >= 15 is 0 Å². The van der Waals surface area contributed by atoms with Crippen LogP contribution in [0.4, 0.5) is 0 Å². The van der Waals surface area contributed by atoms with Crippen LogP contribution in [0, 0.1) is 0 Å². The zero-order valence-electron chi connectivity index (χ0n) is 39.6. The maximum Gasteiger partial charge on any atom is 0.252 e. The van der Waals surface area contributed by atoms with Crippen LogP contribution in [0.5, 0.6) is 0 Å². The van der Waals surface area contributed by atoms with Gasteiger partial charge in [0.25, 0.3) is 5.91 Å². The molecule has 68 heavy (non-hydrogen) atoms. The van der Waals surface area contributed by atoms with Crippen LogP contribution >= 0.6 is 0 Å². The summed E-state index contributed by atoms with van der Waals surface area (Å²) in [7, 11) is 1.54. The van der Waals surface area contributed by atoms with Crippen LogP contribution in [0.2, 0.25) is 0 Å². The van der Waals surface area contributed by atoms with Crippen LogP contribution in [0.25, 0.3) is 0 Å². The highest BCUT2D eigenvalue weighted by atomic mass is 16.3. The van der Waals surface area contributed by atoms with Crippen molar-refractivity contribution in [3.63, 3.8) is 0 Å². The molecule has 0 heterocycles. The Morgan fingerprint density at radius 2 is 1.18 bits per heavy atom. The molecule has 0 aliphatic heterocycles. The summed E-state index contributed by atoms with van der Waals surface area (Å²) in [5.74, 6) is -5.79. The third kappa shape index (κ3) is 27.7. The molecule has 27 nitrogen and oxygen atoms in total. The minimum Gasteiger partial charge on any atom is -0.394 e. The fourth-order valence-corrected chi connectivity index (χ4v) is 6.46. The Kier molecular flexibility index (Phi) is 35.3. The van der Waals surface area contributed by atoms with E-state index in [2.05, 4.69) is 47.9 Å². The summed E-state index contributed by atoms with van der Waals surface area (Å²) in [6.45, 7) is 2.68. The van der Waals surface area contributed by atoms with Gasteiger partial charge in [-0.1, -0.05) is 6.42 Å². The summed E-state index contributed by atoms with van der Waals surface area (Å²) in [5, 5.41) is 85.5. The number of aliphatic hydroxyl groups excluding tert-OH is 6. The molecule has 0 aromatic heterocycles. The van der Waals surface area contributed by atoms with E-state index in [0.29, 0.717) is 38.9 Å². The van der Waals surface area contributed by atoms with E-state index in [4.69, 9.17) is 28.7 Å². The van der Waals surface area contributed by atoms with Crippen LogP contribution in [0.1, 0.15) is 77.6 Å². The summed E-state index contributed by atoms with van der Waals surface area (Å²) in [6, 6.07) is -7.46. The van der Waals surface area contributed by atoms with Gasteiger partial charge in [0, 0.05) is 38.5 Å². The lowest BCUT2D eigenvalue weighted by Gasteiger charge is -2.28. The van der Waals surface area contributed by atoms with Crippen molar-refractivity contribution >= 4 is 41.4 Å². The second-order valence-corrected chi connectivity index (χ2v) is 16.6. The number of nitrogens with two attached hydrogens (primary N) is 5. The van der Waals surface area contributed by atoms with Crippen molar-refractivity contribution in [2.75, 3.05) is 72.6 Å². The number of nitrogens with one attached hydrogen (secondary N) is 9. The lowest BCUT2D eigenvalue weighted by atomic mass is 9.97. The van der Waals surface area contributed by atoms with Crippen LogP contribution in [-0.2, 0) is 33.6 Å². The van der Waals surface area contributed by atoms with E-state index in [0.717, 1.165) is 32.4 Å². The lowest BCUT2D eigenvalue weighted by Crippen LogP contribution is -2.60. The number of aliphatic hydroxyl groups is 6. The van der Waals surface area contributed by atoms with E-state index in [1.54, 1.807) is 0 Å². The Morgan fingerprint density at radius 1 is 0.559 bits per heavy atom. The van der Waals surface area contributed by atoms with Crippen LogP contribution in [-0.4, -0.2) is 211 Å². The largest absolute Gasteiger partial charge is 0.394 e. The van der Waals surface area contributed by atoms with Crippen molar-refractivity contribution < 1.29 is 64.2 Å². The number of likely N-dealkylation sites (N-methyl/N-ethyl adjacent to an activating group) is 1. The second kappa shape index (κ2) is 37.6. The number of rotatable bonds is 40. The van der Waals surface area contributed by atoms with Crippen molar-refractivity contribution in [3.05, 3.63) is 0 Å². The molecule has 396 valence electrons. The molecular weight excluding hydrogens is 897 g/mol. The first-order chi connectivity index (χ1) is 32.3. The highest BCUT2D eigenvalue weighted by Crippen LogP contribution is 2.12. The monoisotopic (exact) mass is 981 g/mol. The summed E-state index contributed by atoms with van der Waals surface area (Å²) in [6.07, 6.45) is -5.45. The van der Waals surface area contributed by atoms with Crippen LogP contribution < -0.4 is 76.5 Å². The Bertz CT molecular complexity index is 1470. The van der Waals surface area contributed by atoms with Gasteiger partial charge in [-0.25, -0.2) is 0 Å². The minimum atomic E-state index is -2.05. The topological polar surface area (TPSA) is 479 Å². The van der Waals surface area contributed by atoms with E-state index < -0.39 is 141 Å². The third-order valence-corrected chi connectivity index (χ3v) is 10.6. The van der Waals surface area contributed by atoms with E-state index in [9.17, 15) is 64.2 Å². The predicted molar refractivity (Wildman–Crippen MR) is 250 cm³/mol. The fourth-order valence-electron chi connectivity index (χ4n) is 6.46. The first-order valence-electron chi connectivity index (χ1n) is 23.3. The summed E-state index contributed by atoms with van der Waals surface area (Å²) in [4.78, 5) is 90.1.